The molecule has 0 saturated carbocycles. The van der Waals surface area contributed by atoms with Crippen LogP contribution in [0.2, 0.25) is 5.02 Å². The Labute approximate surface area is 173 Å². The van der Waals surface area contributed by atoms with Gasteiger partial charge < -0.3 is 10.1 Å². The van der Waals surface area contributed by atoms with Gasteiger partial charge in [-0.25, -0.2) is 8.42 Å². The average Bonchev–Trinajstić information content (AvgIpc) is 2.68. The molecule has 8 nitrogen and oxygen atoms in total. The average molecular weight is 441 g/mol. The van der Waals surface area contributed by atoms with Crippen LogP contribution in [0.3, 0.4) is 0 Å². The molecule has 2 aromatic rings. The van der Waals surface area contributed by atoms with E-state index >= 15 is 0 Å². The molecule has 156 valence electrons. The van der Waals surface area contributed by atoms with Gasteiger partial charge in [-0.15, -0.1) is 0 Å². The second-order valence-electron chi connectivity index (χ2n) is 6.22. The highest BCUT2D eigenvalue weighted by Gasteiger charge is 2.26. The van der Waals surface area contributed by atoms with Gasteiger partial charge in [0, 0.05) is 11.6 Å². The Morgan fingerprint density at radius 1 is 1.21 bits per heavy atom. The van der Waals surface area contributed by atoms with Gasteiger partial charge in [0.05, 0.1) is 27.9 Å². The molecule has 2 aromatic carbocycles. The van der Waals surface area contributed by atoms with Crippen LogP contribution < -0.4 is 10.1 Å². The van der Waals surface area contributed by atoms with Gasteiger partial charge in [0.1, 0.15) is 10.8 Å². The molecule has 0 aliphatic carbocycles. The van der Waals surface area contributed by atoms with E-state index in [-0.39, 0.29) is 26.9 Å². The third-order valence-corrected chi connectivity index (χ3v) is 7.28. The number of rotatable bonds is 8. The molecule has 0 atom stereocenters. The van der Waals surface area contributed by atoms with E-state index in [1.807, 2.05) is 0 Å². The zero-order valence-corrected chi connectivity index (χ0v) is 17.7. The molecule has 0 fully saturated rings. The maximum absolute atomic E-state index is 12.8. The molecule has 2 rings (SSSR count). The molecule has 0 saturated heterocycles. The van der Waals surface area contributed by atoms with Crippen molar-refractivity contribution in [1.82, 2.24) is 0 Å². The molecule has 0 bridgehead atoms. The van der Waals surface area contributed by atoms with Crippen molar-refractivity contribution >= 4 is 38.7 Å². The van der Waals surface area contributed by atoms with Crippen LogP contribution in [0.4, 0.5) is 11.4 Å². The van der Waals surface area contributed by atoms with Crippen LogP contribution >= 0.6 is 11.6 Å². The first-order valence-electron chi connectivity index (χ1n) is 8.82. The minimum Gasteiger partial charge on any atom is -0.495 e. The van der Waals surface area contributed by atoms with Crippen LogP contribution in [0.1, 0.15) is 37.0 Å². The van der Waals surface area contributed by atoms with Gasteiger partial charge >= 0.3 is 0 Å². The number of amides is 1. The number of hydrogen-bond donors (Lipinski definition) is 1. The fraction of sp³-hybridized carbons (Fsp3) is 0.316. The third-order valence-electron chi connectivity index (χ3n) is 4.50. The fourth-order valence-corrected chi connectivity index (χ4v) is 4.86. The number of nitrogens with one attached hydrogen (secondary N) is 1. The van der Waals surface area contributed by atoms with Gasteiger partial charge in [-0.05, 0) is 43.2 Å². The molecule has 0 heterocycles. The lowest BCUT2D eigenvalue weighted by molar-refractivity contribution is -0.384. The molecular formula is C19H21ClN2O6S. The SMILES string of the molecule is CCC(CC)S(=O)(=O)c1ccc(OC)c(NC(=O)c2ccc(Cl)c([N+](=O)[O-])c2)c1. The number of halogens is 1. The van der Waals surface area contributed by atoms with E-state index in [0.717, 1.165) is 6.07 Å². The monoisotopic (exact) mass is 440 g/mol. The maximum Gasteiger partial charge on any atom is 0.288 e. The maximum atomic E-state index is 12.8. The zero-order chi connectivity index (χ0) is 21.8. The molecule has 29 heavy (non-hydrogen) atoms. The third kappa shape index (κ3) is 4.86. The van der Waals surface area contributed by atoms with Gasteiger partial charge in [0.15, 0.2) is 9.84 Å². The van der Waals surface area contributed by atoms with E-state index in [1.54, 1.807) is 13.8 Å². The van der Waals surface area contributed by atoms with Crippen molar-refractivity contribution < 1.29 is 22.9 Å². The second kappa shape index (κ2) is 9.23. The number of carbonyl (C=O) groups is 1. The lowest BCUT2D eigenvalue weighted by atomic mass is 10.2. The number of nitro benzene ring substituents is 1. The summed E-state index contributed by atoms with van der Waals surface area (Å²) in [5.41, 5.74) is -0.269. The highest BCUT2D eigenvalue weighted by Crippen LogP contribution is 2.31. The number of hydrogen-bond acceptors (Lipinski definition) is 6. The molecule has 1 amide bonds. The summed E-state index contributed by atoms with van der Waals surface area (Å²) in [5.74, 6) is -0.412. The molecule has 10 heteroatoms. The summed E-state index contributed by atoms with van der Waals surface area (Å²) >= 11 is 5.77. The van der Waals surface area contributed by atoms with Gasteiger partial charge in [-0.1, -0.05) is 25.4 Å². The molecular weight excluding hydrogens is 420 g/mol. The van der Waals surface area contributed by atoms with E-state index < -0.39 is 31.6 Å². The van der Waals surface area contributed by atoms with Crippen molar-refractivity contribution in [2.45, 2.75) is 36.8 Å². The minimum atomic E-state index is -3.59. The van der Waals surface area contributed by atoms with Crippen molar-refractivity contribution in [2.75, 3.05) is 12.4 Å². The second-order valence-corrected chi connectivity index (χ2v) is 8.86. The molecule has 0 unspecified atom stereocenters. The Bertz CT molecular complexity index is 1030. The number of sulfone groups is 1. The Hall–Kier alpha value is -2.65. The molecule has 0 aliphatic heterocycles. The van der Waals surface area contributed by atoms with Crippen LogP contribution in [0.5, 0.6) is 5.75 Å². The smallest absolute Gasteiger partial charge is 0.288 e. The van der Waals surface area contributed by atoms with Gasteiger partial charge in [-0.3, -0.25) is 14.9 Å². The van der Waals surface area contributed by atoms with E-state index in [9.17, 15) is 23.3 Å². The normalized spacial score (nSPS) is 11.3. The first kappa shape index (κ1) is 22.6. The van der Waals surface area contributed by atoms with E-state index in [0.29, 0.717) is 12.8 Å². The molecule has 1 N–H and O–H groups in total. The van der Waals surface area contributed by atoms with Crippen LogP contribution in [0.25, 0.3) is 0 Å². The quantitative estimate of drug-likeness (QED) is 0.478. The molecule has 0 spiro atoms. The first-order chi connectivity index (χ1) is 13.6. The summed E-state index contributed by atoms with van der Waals surface area (Å²) in [6.07, 6.45) is 0.919. The lowest BCUT2D eigenvalue weighted by Gasteiger charge is -2.16. The van der Waals surface area contributed by atoms with E-state index in [1.165, 1.54) is 37.4 Å². The summed E-state index contributed by atoms with van der Waals surface area (Å²) in [5, 5.41) is 13.0. The first-order valence-corrected chi connectivity index (χ1v) is 10.7. The summed E-state index contributed by atoms with van der Waals surface area (Å²) in [6.45, 7) is 3.59. The standard InChI is InChI=1S/C19H21ClN2O6S/c1-4-13(5-2)29(26,27)14-7-9-18(28-3)16(11-14)21-19(23)12-6-8-15(20)17(10-12)22(24)25/h6-11,13H,4-5H2,1-3H3,(H,21,23). The number of carbonyl (C=O) groups excluding carboxylic acids is 1. The van der Waals surface area contributed by atoms with Crippen molar-refractivity contribution in [1.29, 1.82) is 0 Å². The molecule has 0 aliphatic rings. The van der Waals surface area contributed by atoms with E-state index in [4.69, 9.17) is 16.3 Å². The summed E-state index contributed by atoms with van der Waals surface area (Å²) in [4.78, 5) is 23.0. The predicted octanol–water partition coefficient (Wildman–Crippen LogP) is 4.47. The Morgan fingerprint density at radius 3 is 2.41 bits per heavy atom. The van der Waals surface area contributed by atoms with Gasteiger partial charge in [-0.2, -0.15) is 0 Å². The topological polar surface area (TPSA) is 116 Å². The minimum absolute atomic E-state index is 0.00333. The summed E-state index contributed by atoms with van der Waals surface area (Å²) < 4.78 is 30.8. The van der Waals surface area contributed by atoms with Crippen molar-refractivity contribution in [2.24, 2.45) is 0 Å². The lowest BCUT2D eigenvalue weighted by Crippen LogP contribution is -2.20. The Kier molecular flexibility index (Phi) is 7.21. The van der Waals surface area contributed by atoms with Crippen molar-refractivity contribution in [3.05, 3.63) is 57.1 Å². The Balaban J connectivity index is 2.43. The van der Waals surface area contributed by atoms with Crippen molar-refractivity contribution in [3.8, 4) is 5.75 Å². The van der Waals surface area contributed by atoms with Crippen LogP contribution in [0, 0.1) is 10.1 Å². The largest absolute Gasteiger partial charge is 0.495 e. The Morgan fingerprint density at radius 2 is 1.86 bits per heavy atom. The predicted molar refractivity (Wildman–Crippen MR) is 111 cm³/mol. The van der Waals surface area contributed by atoms with E-state index in [2.05, 4.69) is 5.32 Å². The molecule has 0 radical (unpaired) electrons. The number of anilines is 1. The van der Waals surface area contributed by atoms with Crippen molar-refractivity contribution in [3.63, 3.8) is 0 Å². The fourth-order valence-electron chi connectivity index (χ4n) is 2.87. The highest BCUT2D eigenvalue weighted by atomic mass is 35.5. The summed E-state index contributed by atoms with van der Waals surface area (Å²) in [7, 11) is -2.20. The molecule has 0 aromatic heterocycles. The zero-order valence-electron chi connectivity index (χ0n) is 16.1. The number of ether oxygens (including phenoxy) is 1. The van der Waals surface area contributed by atoms with Gasteiger partial charge in [0.25, 0.3) is 11.6 Å². The number of benzene rings is 2. The highest BCUT2D eigenvalue weighted by molar-refractivity contribution is 7.92. The number of nitro groups is 1. The number of methoxy groups -OCH3 is 1. The van der Waals surface area contributed by atoms with Gasteiger partial charge in [0.2, 0.25) is 0 Å². The van der Waals surface area contributed by atoms with Crippen LogP contribution in [-0.4, -0.2) is 31.6 Å². The van der Waals surface area contributed by atoms with Crippen LogP contribution in [-0.2, 0) is 9.84 Å². The van der Waals surface area contributed by atoms with Crippen LogP contribution in [0.15, 0.2) is 41.3 Å². The number of nitrogens with zero attached hydrogens (tertiary/aromatic N) is 1. The summed E-state index contributed by atoms with van der Waals surface area (Å²) in [6, 6.07) is 7.84.